The summed E-state index contributed by atoms with van der Waals surface area (Å²) in [7, 11) is -3.54. The molecule has 3 heterocycles. The van der Waals surface area contributed by atoms with Gasteiger partial charge in [-0.05, 0) is 39.0 Å². The molecule has 0 aromatic carbocycles. The van der Waals surface area contributed by atoms with Gasteiger partial charge < -0.3 is 11.1 Å². The van der Waals surface area contributed by atoms with E-state index in [0.717, 1.165) is 6.42 Å². The fourth-order valence-corrected chi connectivity index (χ4v) is 7.12. The molecule has 3 aliphatic rings. The van der Waals surface area contributed by atoms with Gasteiger partial charge in [0, 0.05) is 36.6 Å². The van der Waals surface area contributed by atoms with E-state index in [9.17, 15) is 26.0 Å². The highest BCUT2D eigenvalue weighted by Crippen LogP contribution is 2.41. The number of piperidine rings is 1. The Hall–Kier alpha value is -2.32. The van der Waals surface area contributed by atoms with E-state index >= 15 is 0 Å². The highest BCUT2D eigenvalue weighted by Gasteiger charge is 2.42. The lowest BCUT2D eigenvalue weighted by Gasteiger charge is -2.42. The Morgan fingerprint density at radius 1 is 1.19 bits per heavy atom. The van der Waals surface area contributed by atoms with Crippen molar-refractivity contribution in [3.8, 4) is 11.3 Å². The van der Waals surface area contributed by atoms with Gasteiger partial charge in [-0.1, -0.05) is 6.42 Å². The van der Waals surface area contributed by atoms with Gasteiger partial charge in [-0.15, -0.1) is 0 Å². The summed E-state index contributed by atoms with van der Waals surface area (Å²) in [5, 5.41) is 6.54. The van der Waals surface area contributed by atoms with Gasteiger partial charge in [0.15, 0.2) is 0 Å². The lowest BCUT2D eigenvalue weighted by Crippen LogP contribution is -2.53. The van der Waals surface area contributed by atoms with Crippen LogP contribution in [0, 0.1) is 0 Å². The molecule has 2 saturated carbocycles. The molecule has 2 atom stereocenters. The van der Waals surface area contributed by atoms with E-state index in [0.29, 0.717) is 31.9 Å². The third-order valence-corrected chi connectivity index (χ3v) is 9.76. The summed E-state index contributed by atoms with van der Waals surface area (Å²) in [5.74, 6) is -0.160. The number of rotatable bonds is 6. The maximum absolute atomic E-state index is 15.0. The largest absolute Gasteiger partial charge is 0.419 e. The van der Waals surface area contributed by atoms with E-state index in [4.69, 9.17) is 5.73 Å². The Balaban J connectivity index is 1.33. The van der Waals surface area contributed by atoms with Crippen molar-refractivity contribution in [2.24, 2.45) is 5.73 Å². The molecule has 14 heteroatoms. The minimum absolute atomic E-state index is 0.00350. The van der Waals surface area contributed by atoms with Gasteiger partial charge in [0.1, 0.15) is 11.7 Å². The van der Waals surface area contributed by atoms with E-state index in [1.165, 1.54) is 16.7 Å². The number of aromatic nitrogens is 4. The number of nitrogens with two attached hydrogens (primary N) is 1. The van der Waals surface area contributed by atoms with Crippen molar-refractivity contribution in [2.45, 2.75) is 80.7 Å². The third kappa shape index (κ3) is 4.82. The fourth-order valence-electron chi connectivity index (χ4n) is 5.06. The van der Waals surface area contributed by atoms with Crippen LogP contribution in [0.5, 0.6) is 0 Å². The second-order valence-electron chi connectivity index (χ2n) is 10.4. The summed E-state index contributed by atoms with van der Waals surface area (Å²) in [5.41, 5.74) is 4.49. The zero-order chi connectivity index (χ0) is 25.9. The molecule has 0 bridgehead atoms. The minimum atomic E-state index is -4.70. The van der Waals surface area contributed by atoms with Crippen LogP contribution in [0.25, 0.3) is 11.3 Å². The smallest absolute Gasteiger partial charge is 0.348 e. The number of nitrogens with zero attached hydrogens (tertiary/aromatic N) is 5. The third-order valence-electron chi connectivity index (χ3n) is 7.40. The number of sulfonamides is 1. The topological polar surface area (TPSA) is 119 Å². The van der Waals surface area contributed by atoms with Gasteiger partial charge in [-0.3, -0.25) is 4.68 Å². The molecule has 0 radical (unpaired) electrons. The quantitative estimate of drug-likeness (QED) is 0.550. The SMILES string of the molecule is CC1(N)CC(n2cc(-c3nc(N[C@H]4CCN(S(=O)(=O)C5CCC5)C[C@H]4F)ncc3C(F)(F)F)cn2)C1. The minimum Gasteiger partial charge on any atom is -0.348 e. The molecule has 3 fully saturated rings. The van der Waals surface area contributed by atoms with Crippen molar-refractivity contribution in [2.75, 3.05) is 18.4 Å². The first-order valence-corrected chi connectivity index (χ1v) is 13.5. The molecule has 0 unspecified atom stereocenters. The summed E-state index contributed by atoms with van der Waals surface area (Å²) in [6, 6.07) is -0.835. The zero-order valence-electron chi connectivity index (χ0n) is 19.7. The van der Waals surface area contributed by atoms with Gasteiger partial charge in [0.2, 0.25) is 16.0 Å². The normalized spacial score (nSPS) is 30.0. The van der Waals surface area contributed by atoms with Gasteiger partial charge >= 0.3 is 6.18 Å². The summed E-state index contributed by atoms with van der Waals surface area (Å²) in [4.78, 5) is 7.86. The van der Waals surface area contributed by atoms with Gasteiger partial charge in [0.25, 0.3) is 0 Å². The Labute approximate surface area is 206 Å². The Morgan fingerprint density at radius 3 is 2.50 bits per heavy atom. The number of halogens is 4. The van der Waals surface area contributed by atoms with Crippen LogP contribution in [0.1, 0.15) is 57.1 Å². The van der Waals surface area contributed by atoms with E-state index in [1.54, 1.807) is 4.68 Å². The molecule has 36 heavy (non-hydrogen) atoms. The van der Waals surface area contributed by atoms with Crippen molar-refractivity contribution in [3.05, 3.63) is 24.2 Å². The number of hydrogen-bond donors (Lipinski definition) is 2. The number of nitrogens with one attached hydrogen (secondary N) is 1. The molecule has 9 nitrogen and oxygen atoms in total. The average Bonchev–Trinajstić information content (AvgIpc) is 3.21. The van der Waals surface area contributed by atoms with Crippen LogP contribution >= 0.6 is 0 Å². The van der Waals surface area contributed by atoms with E-state index < -0.39 is 39.2 Å². The van der Waals surface area contributed by atoms with Crippen LogP contribution < -0.4 is 11.1 Å². The van der Waals surface area contributed by atoms with E-state index in [-0.39, 0.29) is 48.3 Å². The fraction of sp³-hybridized carbons (Fsp3) is 0.682. The predicted octanol–water partition coefficient (Wildman–Crippen LogP) is 3.12. The molecule has 5 rings (SSSR count). The van der Waals surface area contributed by atoms with Crippen LogP contribution in [0.3, 0.4) is 0 Å². The van der Waals surface area contributed by atoms with Crippen molar-refractivity contribution in [1.82, 2.24) is 24.1 Å². The summed E-state index contributed by atoms with van der Waals surface area (Å²) in [6.07, 6.45) is 0.703. The summed E-state index contributed by atoms with van der Waals surface area (Å²) < 4.78 is 84.1. The van der Waals surface area contributed by atoms with Crippen molar-refractivity contribution in [1.29, 1.82) is 0 Å². The molecule has 0 spiro atoms. The number of hydrogen-bond acceptors (Lipinski definition) is 7. The number of anilines is 1. The molecule has 0 amide bonds. The van der Waals surface area contributed by atoms with Gasteiger partial charge in [0.05, 0.1) is 29.2 Å². The van der Waals surface area contributed by atoms with Crippen molar-refractivity contribution in [3.63, 3.8) is 0 Å². The van der Waals surface area contributed by atoms with Crippen LogP contribution in [0.15, 0.2) is 18.6 Å². The highest BCUT2D eigenvalue weighted by molar-refractivity contribution is 7.89. The second-order valence-corrected chi connectivity index (χ2v) is 12.6. The first-order valence-electron chi connectivity index (χ1n) is 12.0. The molecular formula is C22H29F4N7O2S. The molecule has 3 N–H and O–H groups in total. The molecule has 2 aromatic heterocycles. The molecule has 198 valence electrons. The standard InChI is InChI=1S/C22H29F4N7O2S/c1-21(27)7-14(8-21)33-11-13(9-29-33)19-16(22(24,25)26)10-28-20(31-19)30-18-5-6-32(12-17(18)23)36(34,35)15-3-2-4-15/h9-11,14-15,17-18H,2-8,12,27H2,1H3,(H,28,30,31)/t14?,17-,18+,21?/m1/s1. The molecule has 2 aliphatic carbocycles. The van der Waals surface area contributed by atoms with Crippen LogP contribution in [-0.2, 0) is 16.2 Å². The Kier molecular flexibility index (Phi) is 6.27. The monoisotopic (exact) mass is 531 g/mol. The maximum atomic E-state index is 15.0. The average molecular weight is 532 g/mol. The summed E-state index contributed by atoms with van der Waals surface area (Å²) >= 11 is 0. The van der Waals surface area contributed by atoms with Crippen LogP contribution in [-0.4, -0.2) is 68.6 Å². The van der Waals surface area contributed by atoms with Gasteiger partial charge in [-0.2, -0.15) is 22.6 Å². The highest BCUT2D eigenvalue weighted by atomic mass is 32.2. The zero-order valence-corrected chi connectivity index (χ0v) is 20.6. The first-order chi connectivity index (χ1) is 16.8. The lowest BCUT2D eigenvalue weighted by molar-refractivity contribution is -0.137. The predicted molar refractivity (Wildman–Crippen MR) is 124 cm³/mol. The Bertz CT molecular complexity index is 1220. The second kappa shape index (κ2) is 8.91. The maximum Gasteiger partial charge on any atom is 0.419 e. The molecule has 2 aromatic rings. The van der Waals surface area contributed by atoms with Crippen LogP contribution in [0.2, 0.25) is 0 Å². The van der Waals surface area contributed by atoms with Gasteiger partial charge in [-0.25, -0.2) is 22.8 Å². The van der Waals surface area contributed by atoms with E-state index in [2.05, 4.69) is 20.4 Å². The van der Waals surface area contributed by atoms with Crippen molar-refractivity contribution < 1.29 is 26.0 Å². The summed E-state index contributed by atoms with van der Waals surface area (Å²) in [6.45, 7) is 1.72. The lowest BCUT2D eigenvalue weighted by atomic mass is 9.75. The Morgan fingerprint density at radius 2 is 1.92 bits per heavy atom. The molecule has 1 aliphatic heterocycles. The molecular weight excluding hydrogens is 502 g/mol. The van der Waals surface area contributed by atoms with Crippen LogP contribution in [0.4, 0.5) is 23.5 Å². The number of alkyl halides is 4. The molecule has 1 saturated heterocycles. The van der Waals surface area contributed by atoms with Crippen molar-refractivity contribution >= 4 is 16.0 Å². The first kappa shape index (κ1) is 25.3. The van der Waals surface area contributed by atoms with E-state index in [1.807, 2.05) is 6.92 Å².